The highest BCUT2D eigenvalue weighted by Crippen LogP contribution is 2.21. The van der Waals surface area contributed by atoms with Crippen LogP contribution in [0, 0.1) is 0 Å². The maximum absolute atomic E-state index is 11.8. The van der Waals surface area contributed by atoms with Crippen molar-refractivity contribution in [2.75, 3.05) is 19.5 Å². The number of esters is 1. The predicted octanol–water partition coefficient (Wildman–Crippen LogP) is 0.568. The van der Waals surface area contributed by atoms with Crippen LogP contribution >= 0.6 is 0 Å². The zero-order valence-electron chi connectivity index (χ0n) is 10.4. The first-order valence-electron chi connectivity index (χ1n) is 5.29. The lowest BCUT2D eigenvalue weighted by molar-refractivity contribution is -0.141. The number of methoxy groups -OCH3 is 1. The Bertz CT molecular complexity index is 528. The topological polar surface area (TPSA) is 84.5 Å². The van der Waals surface area contributed by atoms with E-state index in [0.717, 1.165) is 0 Å². The van der Waals surface area contributed by atoms with E-state index in [-0.39, 0.29) is 4.90 Å². The van der Waals surface area contributed by atoms with Gasteiger partial charge in [0.15, 0.2) is 0 Å². The van der Waals surface area contributed by atoms with Gasteiger partial charge in [-0.3, -0.25) is 0 Å². The van der Waals surface area contributed by atoms with Crippen molar-refractivity contribution < 1.29 is 17.9 Å². The zero-order chi connectivity index (χ0) is 13.8. The number of para-hydroxylation sites is 1. The van der Waals surface area contributed by atoms with Gasteiger partial charge in [-0.1, -0.05) is 12.1 Å². The van der Waals surface area contributed by atoms with Crippen LogP contribution in [0.4, 0.5) is 5.69 Å². The Kier molecular flexibility index (Phi) is 4.69. The standard InChI is InChI=1S/C11H16N2O4S/c1-8(11(14)17-3)13-9-6-4-5-7-10(9)18(15,16)12-2/h4-8,12-13H,1-3H3. The van der Waals surface area contributed by atoms with Gasteiger partial charge in [0, 0.05) is 0 Å². The van der Waals surface area contributed by atoms with Crippen molar-refractivity contribution in [2.45, 2.75) is 17.9 Å². The average molecular weight is 272 g/mol. The molecule has 0 spiro atoms. The van der Waals surface area contributed by atoms with Gasteiger partial charge in [0.2, 0.25) is 10.0 Å². The Morgan fingerprint density at radius 3 is 2.50 bits per heavy atom. The molecule has 1 aromatic carbocycles. The fourth-order valence-corrected chi connectivity index (χ4v) is 2.29. The molecule has 0 heterocycles. The van der Waals surface area contributed by atoms with Gasteiger partial charge in [-0.2, -0.15) is 0 Å². The molecule has 18 heavy (non-hydrogen) atoms. The quantitative estimate of drug-likeness (QED) is 0.765. The Hall–Kier alpha value is -1.60. The van der Waals surface area contributed by atoms with Crippen molar-refractivity contribution in [3.8, 4) is 0 Å². The van der Waals surface area contributed by atoms with Crippen molar-refractivity contribution >= 4 is 21.7 Å². The second-order valence-corrected chi connectivity index (χ2v) is 5.45. The molecule has 0 amide bonds. The smallest absolute Gasteiger partial charge is 0.327 e. The van der Waals surface area contributed by atoms with E-state index < -0.39 is 22.0 Å². The minimum Gasteiger partial charge on any atom is -0.467 e. The molecule has 0 aliphatic carbocycles. The van der Waals surface area contributed by atoms with Crippen LogP contribution in [0.5, 0.6) is 0 Å². The van der Waals surface area contributed by atoms with Crippen molar-refractivity contribution in [1.82, 2.24) is 4.72 Å². The van der Waals surface area contributed by atoms with Gasteiger partial charge in [0.25, 0.3) is 0 Å². The lowest BCUT2D eigenvalue weighted by Crippen LogP contribution is -2.29. The molecule has 0 aliphatic rings. The third-order valence-corrected chi connectivity index (χ3v) is 3.84. The van der Waals surface area contributed by atoms with Crippen LogP contribution in [0.1, 0.15) is 6.92 Å². The first kappa shape index (κ1) is 14.5. The average Bonchev–Trinajstić information content (AvgIpc) is 2.38. The number of rotatable bonds is 5. The minimum atomic E-state index is -3.57. The van der Waals surface area contributed by atoms with Crippen LogP contribution in [0.15, 0.2) is 29.2 Å². The van der Waals surface area contributed by atoms with E-state index in [4.69, 9.17) is 0 Å². The lowest BCUT2D eigenvalue weighted by atomic mass is 10.2. The number of sulfonamides is 1. The van der Waals surface area contributed by atoms with E-state index in [1.54, 1.807) is 25.1 Å². The third kappa shape index (κ3) is 3.21. The van der Waals surface area contributed by atoms with Crippen molar-refractivity contribution in [3.63, 3.8) is 0 Å². The molecule has 0 radical (unpaired) electrons. The van der Waals surface area contributed by atoms with E-state index >= 15 is 0 Å². The van der Waals surface area contributed by atoms with E-state index in [9.17, 15) is 13.2 Å². The molecule has 0 bridgehead atoms. The molecule has 0 aliphatic heterocycles. The van der Waals surface area contributed by atoms with Crippen LogP contribution in [0.25, 0.3) is 0 Å². The first-order valence-corrected chi connectivity index (χ1v) is 6.77. The lowest BCUT2D eigenvalue weighted by Gasteiger charge is -2.16. The number of benzene rings is 1. The number of nitrogens with one attached hydrogen (secondary N) is 2. The summed E-state index contributed by atoms with van der Waals surface area (Å²) in [6, 6.07) is 5.70. The molecule has 0 saturated carbocycles. The summed E-state index contributed by atoms with van der Waals surface area (Å²) in [4.78, 5) is 11.4. The molecule has 2 N–H and O–H groups in total. The summed E-state index contributed by atoms with van der Waals surface area (Å²) in [6.07, 6.45) is 0. The third-order valence-electron chi connectivity index (χ3n) is 2.37. The molecule has 0 saturated heterocycles. The molecule has 1 rings (SSSR count). The molecule has 1 unspecified atom stereocenters. The first-order chi connectivity index (χ1) is 8.42. The molecular weight excluding hydrogens is 256 g/mol. The van der Waals surface area contributed by atoms with E-state index in [0.29, 0.717) is 5.69 Å². The summed E-state index contributed by atoms with van der Waals surface area (Å²) in [6.45, 7) is 1.59. The largest absolute Gasteiger partial charge is 0.467 e. The Morgan fingerprint density at radius 2 is 1.94 bits per heavy atom. The van der Waals surface area contributed by atoms with Crippen LogP contribution in [-0.4, -0.2) is 34.6 Å². The van der Waals surface area contributed by atoms with Crippen molar-refractivity contribution in [1.29, 1.82) is 0 Å². The Morgan fingerprint density at radius 1 is 1.33 bits per heavy atom. The van der Waals surface area contributed by atoms with Gasteiger partial charge in [0.05, 0.1) is 12.8 Å². The second-order valence-electron chi connectivity index (χ2n) is 3.59. The van der Waals surface area contributed by atoms with E-state index in [2.05, 4.69) is 14.8 Å². The summed E-state index contributed by atoms with van der Waals surface area (Å²) in [7, 11) is -0.968. The molecule has 6 nitrogen and oxygen atoms in total. The SMILES string of the molecule is CNS(=O)(=O)c1ccccc1NC(C)C(=O)OC. The van der Waals surface area contributed by atoms with Gasteiger partial charge in [-0.05, 0) is 26.1 Å². The Labute approximate surface area is 106 Å². The van der Waals surface area contributed by atoms with Gasteiger partial charge in [0.1, 0.15) is 10.9 Å². The van der Waals surface area contributed by atoms with Crippen LogP contribution < -0.4 is 10.0 Å². The van der Waals surface area contributed by atoms with Gasteiger partial charge < -0.3 is 10.1 Å². The predicted molar refractivity (Wildman–Crippen MR) is 67.8 cm³/mol. The maximum Gasteiger partial charge on any atom is 0.327 e. The molecule has 0 aromatic heterocycles. The van der Waals surface area contributed by atoms with Gasteiger partial charge in [-0.25, -0.2) is 17.9 Å². The van der Waals surface area contributed by atoms with Crippen LogP contribution in [0.2, 0.25) is 0 Å². The number of ether oxygens (including phenoxy) is 1. The van der Waals surface area contributed by atoms with Gasteiger partial charge >= 0.3 is 5.97 Å². The summed E-state index contributed by atoms with van der Waals surface area (Å²) >= 11 is 0. The monoisotopic (exact) mass is 272 g/mol. The molecule has 1 aromatic rings. The minimum absolute atomic E-state index is 0.0863. The summed E-state index contributed by atoms with van der Waals surface area (Å²) < 4.78 is 30.4. The molecule has 1 atom stereocenters. The normalized spacial score (nSPS) is 12.8. The summed E-state index contributed by atoms with van der Waals surface area (Å²) in [5.41, 5.74) is 0.352. The highest BCUT2D eigenvalue weighted by atomic mass is 32.2. The highest BCUT2D eigenvalue weighted by molar-refractivity contribution is 7.89. The van der Waals surface area contributed by atoms with Gasteiger partial charge in [-0.15, -0.1) is 0 Å². The number of anilines is 1. The molecule has 7 heteroatoms. The zero-order valence-corrected chi connectivity index (χ0v) is 11.2. The van der Waals surface area contributed by atoms with E-state index in [1.807, 2.05) is 0 Å². The second kappa shape index (κ2) is 5.83. The fourth-order valence-electron chi connectivity index (χ4n) is 1.40. The van der Waals surface area contributed by atoms with E-state index in [1.165, 1.54) is 20.2 Å². The molecule has 100 valence electrons. The van der Waals surface area contributed by atoms with Crippen LogP contribution in [-0.2, 0) is 19.6 Å². The van der Waals surface area contributed by atoms with Crippen molar-refractivity contribution in [2.24, 2.45) is 0 Å². The number of hydrogen-bond acceptors (Lipinski definition) is 5. The number of hydrogen-bond donors (Lipinski definition) is 2. The fraction of sp³-hybridized carbons (Fsp3) is 0.364. The van der Waals surface area contributed by atoms with Crippen molar-refractivity contribution in [3.05, 3.63) is 24.3 Å². The summed E-state index contributed by atoms with van der Waals surface area (Å²) in [5, 5.41) is 2.81. The summed E-state index contributed by atoms with van der Waals surface area (Å²) in [5.74, 6) is -0.466. The van der Waals surface area contributed by atoms with Crippen LogP contribution in [0.3, 0.4) is 0 Å². The number of carbonyl (C=O) groups excluding carboxylic acids is 1. The maximum atomic E-state index is 11.8. The molecular formula is C11H16N2O4S. The molecule has 0 fully saturated rings. The Balaban J connectivity index is 3.08. The number of carbonyl (C=O) groups is 1. The highest BCUT2D eigenvalue weighted by Gasteiger charge is 2.19.